The molecule has 0 aliphatic rings. The number of aromatic nitrogens is 1. The van der Waals surface area contributed by atoms with Crippen LogP contribution in [0.2, 0.25) is 0 Å². The normalized spacial score (nSPS) is 12.7. The van der Waals surface area contributed by atoms with E-state index in [0.717, 1.165) is 67.8 Å². The quantitative estimate of drug-likeness (QED) is 0.157. The fourth-order valence-corrected chi connectivity index (χ4v) is 4.34. The average molecular weight is 530 g/mol. The number of carbonyl (C=O) groups is 3. The maximum absolute atomic E-state index is 13.0. The first-order chi connectivity index (χ1) is 18.5. The Kier molecular flexibility index (Phi) is 15.2. The molecule has 0 fully saturated rings. The number of para-hydroxylation sites is 1. The summed E-state index contributed by atoms with van der Waals surface area (Å²) in [5, 5.41) is 3.76. The Bertz CT molecular complexity index is 974. The predicted octanol–water partition coefficient (Wildman–Crippen LogP) is 5.33. The molecule has 2 atom stereocenters. The van der Waals surface area contributed by atoms with Crippen LogP contribution in [-0.2, 0) is 30.3 Å². The number of hydrogen-bond acceptors (Lipinski definition) is 6. The Labute approximate surface area is 227 Å². The molecule has 212 valence electrons. The number of nitrogens with one attached hydrogen (secondary N) is 2. The third-order valence-corrected chi connectivity index (χ3v) is 6.70. The average Bonchev–Trinajstić information content (AvgIpc) is 3.33. The van der Waals surface area contributed by atoms with Crippen LogP contribution in [0.5, 0.6) is 0 Å². The van der Waals surface area contributed by atoms with Gasteiger partial charge in [0.1, 0.15) is 6.04 Å². The fourth-order valence-electron chi connectivity index (χ4n) is 4.34. The second-order valence-corrected chi connectivity index (χ2v) is 9.99. The zero-order chi connectivity index (χ0) is 27.6. The molecule has 8 nitrogen and oxygen atoms in total. The molecule has 1 aromatic heterocycles. The Morgan fingerprint density at radius 1 is 0.895 bits per heavy atom. The highest BCUT2D eigenvalue weighted by atomic mass is 16.5. The minimum atomic E-state index is -0.931. The summed E-state index contributed by atoms with van der Waals surface area (Å²) in [6, 6.07) is 5.99. The molecular formula is C30H47N3O5. The van der Waals surface area contributed by atoms with E-state index in [0.29, 0.717) is 13.2 Å². The van der Waals surface area contributed by atoms with Crippen LogP contribution in [0, 0.1) is 0 Å². The molecule has 0 aliphatic heterocycles. The van der Waals surface area contributed by atoms with Crippen molar-refractivity contribution in [3.63, 3.8) is 0 Å². The highest BCUT2D eigenvalue weighted by Crippen LogP contribution is 2.19. The lowest BCUT2D eigenvalue weighted by Crippen LogP contribution is -2.50. The molecule has 0 radical (unpaired) electrons. The summed E-state index contributed by atoms with van der Waals surface area (Å²) in [5.41, 5.74) is 7.94. The van der Waals surface area contributed by atoms with Crippen molar-refractivity contribution in [2.24, 2.45) is 5.73 Å². The molecule has 1 amide bonds. The number of esters is 2. The molecule has 0 saturated carbocycles. The molecule has 1 heterocycles. The number of carbonyl (C=O) groups excluding carboxylic acids is 3. The summed E-state index contributed by atoms with van der Waals surface area (Å²) in [7, 11) is 0. The van der Waals surface area contributed by atoms with Crippen LogP contribution >= 0.6 is 0 Å². The SMILES string of the molecule is CCCCCCCOC(=O)CC[C@H](N)C(=O)N[C@@H](Cc1c[nH]c2ccccc12)C(=O)OCCCCCCC. The summed E-state index contributed by atoms with van der Waals surface area (Å²) in [6.07, 6.45) is 12.9. The lowest BCUT2D eigenvalue weighted by atomic mass is 10.0. The van der Waals surface area contributed by atoms with E-state index < -0.39 is 24.0 Å². The molecule has 0 aliphatic carbocycles. The van der Waals surface area contributed by atoms with Crippen LogP contribution in [0.25, 0.3) is 10.9 Å². The van der Waals surface area contributed by atoms with Gasteiger partial charge in [0.15, 0.2) is 0 Å². The number of nitrogens with two attached hydrogens (primary N) is 1. The van der Waals surface area contributed by atoms with Crippen molar-refractivity contribution in [3.8, 4) is 0 Å². The number of ether oxygens (including phenoxy) is 2. The van der Waals surface area contributed by atoms with Gasteiger partial charge in [0.2, 0.25) is 5.91 Å². The number of amides is 1. The van der Waals surface area contributed by atoms with Crippen LogP contribution in [0.4, 0.5) is 0 Å². The van der Waals surface area contributed by atoms with Gasteiger partial charge in [0.25, 0.3) is 0 Å². The first kappa shape index (κ1) is 31.3. The number of aromatic amines is 1. The minimum Gasteiger partial charge on any atom is -0.466 e. The molecule has 4 N–H and O–H groups in total. The molecule has 1 aromatic carbocycles. The van der Waals surface area contributed by atoms with Gasteiger partial charge in [-0.15, -0.1) is 0 Å². The van der Waals surface area contributed by atoms with Gasteiger partial charge in [-0.2, -0.15) is 0 Å². The number of hydrogen-bond donors (Lipinski definition) is 3. The summed E-state index contributed by atoms with van der Waals surface area (Å²) < 4.78 is 10.8. The van der Waals surface area contributed by atoms with Crippen LogP contribution in [0.15, 0.2) is 30.5 Å². The van der Waals surface area contributed by atoms with Crippen molar-refractivity contribution in [1.29, 1.82) is 0 Å². The summed E-state index contributed by atoms with van der Waals surface area (Å²) >= 11 is 0. The second-order valence-electron chi connectivity index (χ2n) is 9.99. The highest BCUT2D eigenvalue weighted by Gasteiger charge is 2.26. The van der Waals surface area contributed by atoms with Crippen molar-refractivity contribution in [1.82, 2.24) is 10.3 Å². The van der Waals surface area contributed by atoms with Gasteiger partial charge >= 0.3 is 11.9 Å². The van der Waals surface area contributed by atoms with Crippen molar-refractivity contribution >= 4 is 28.7 Å². The third kappa shape index (κ3) is 11.7. The van der Waals surface area contributed by atoms with Crippen LogP contribution in [-0.4, -0.2) is 48.1 Å². The van der Waals surface area contributed by atoms with E-state index >= 15 is 0 Å². The minimum absolute atomic E-state index is 0.0544. The summed E-state index contributed by atoms with van der Waals surface area (Å²) in [4.78, 5) is 41.1. The van der Waals surface area contributed by atoms with Crippen LogP contribution in [0.1, 0.15) is 96.5 Å². The van der Waals surface area contributed by atoms with E-state index in [9.17, 15) is 14.4 Å². The van der Waals surface area contributed by atoms with Gasteiger partial charge < -0.3 is 25.5 Å². The van der Waals surface area contributed by atoms with Crippen LogP contribution < -0.4 is 11.1 Å². The molecule has 0 saturated heterocycles. The largest absolute Gasteiger partial charge is 0.466 e. The molecule has 2 rings (SSSR count). The second kappa shape index (κ2) is 18.4. The van der Waals surface area contributed by atoms with Gasteiger partial charge in [0, 0.05) is 29.9 Å². The summed E-state index contributed by atoms with van der Waals surface area (Å²) in [5.74, 6) is -1.32. The Morgan fingerprint density at radius 3 is 2.21 bits per heavy atom. The molecule has 2 aromatic rings. The Balaban J connectivity index is 1.88. The maximum Gasteiger partial charge on any atom is 0.328 e. The molecule has 0 unspecified atom stereocenters. The van der Waals surface area contributed by atoms with Crippen molar-refractivity contribution in [2.45, 2.75) is 109 Å². The smallest absolute Gasteiger partial charge is 0.328 e. The van der Waals surface area contributed by atoms with Crippen molar-refractivity contribution in [2.75, 3.05) is 13.2 Å². The Hall–Kier alpha value is -2.87. The van der Waals surface area contributed by atoms with E-state index in [1.807, 2.05) is 30.5 Å². The molecular weight excluding hydrogens is 482 g/mol. The van der Waals surface area contributed by atoms with Gasteiger partial charge in [-0.05, 0) is 30.9 Å². The van der Waals surface area contributed by atoms with E-state index in [2.05, 4.69) is 24.1 Å². The van der Waals surface area contributed by atoms with E-state index in [1.165, 1.54) is 12.8 Å². The molecule has 38 heavy (non-hydrogen) atoms. The third-order valence-electron chi connectivity index (χ3n) is 6.70. The monoisotopic (exact) mass is 529 g/mol. The number of benzene rings is 1. The Morgan fingerprint density at radius 2 is 1.53 bits per heavy atom. The van der Waals surface area contributed by atoms with Crippen molar-refractivity contribution < 1.29 is 23.9 Å². The topological polar surface area (TPSA) is 124 Å². The van der Waals surface area contributed by atoms with E-state index in [1.54, 1.807) is 0 Å². The molecule has 0 bridgehead atoms. The van der Waals surface area contributed by atoms with Gasteiger partial charge in [-0.1, -0.05) is 83.4 Å². The predicted molar refractivity (Wildman–Crippen MR) is 151 cm³/mol. The van der Waals surface area contributed by atoms with Crippen LogP contribution in [0.3, 0.4) is 0 Å². The van der Waals surface area contributed by atoms with E-state index in [-0.39, 0.29) is 25.2 Å². The molecule has 0 spiro atoms. The zero-order valence-electron chi connectivity index (χ0n) is 23.3. The highest BCUT2D eigenvalue weighted by molar-refractivity contribution is 5.89. The zero-order valence-corrected chi connectivity index (χ0v) is 23.3. The molecule has 8 heteroatoms. The van der Waals surface area contributed by atoms with Gasteiger partial charge in [-0.3, -0.25) is 9.59 Å². The number of rotatable bonds is 20. The number of unbranched alkanes of at least 4 members (excludes halogenated alkanes) is 8. The van der Waals surface area contributed by atoms with Gasteiger partial charge in [-0.25, -0.2) is 4.79 Å². The first-order valence-corrected chi connectivity index (χ1v) is 14.4. The fraction of sp³-hybridized carbons (Fsp3) is 0.633. The summed E-state index contributed by atoms with van der Waals surface area (Å²) in [6.45, 7) is 5.02. The first-order valence-electron chi connectivity index (χ1n) is 14.4. The lowest BCUT2D eigenvalue weighted by molar-refractivity contribution is -0.148. The number of H-pyrrole nitrogens is 1. The standard InChI is InChI=1S/C30H47N3O5/c1-3-5-7-9-13-19-37-28(34)18-17-25(31)29(35)33-27(30(36)38-20-14-10-8-6-4-2)21-23-22-32-26-16-12-11-15-24(23)26/h11-12,15-16,22,25,27,32H,3-10,13-14,17-21,31H2,1-2H3,(H,33,35)/t25-,27-/m0/s1. The van der Waals surface area contributed by atoms with Gasteiger partial charge in [0.05, 0.1) is 19.3 Å². The lowest BCUT2D eigenvalue weighted by Gasteiger charge is -2.20. The number of fused-ring (bicyclic) bond motifs is 1. The van der Waals surface area contributed by atoms with Crippen molar-refractivity contribution in [3.05, 3.63) is 36.0 Å². The maximum atomic E-state index is 13.0. The van der Waals surface area contributed by atoms with E-state index in [4.69, 9.17) is 15.2 Å².